The number of carbonyl (C=O) groups is 2. The number of hydrogen-bond acceptors (Lipinski definition) is 6. The van der Waals surface area contributed by atoms with Crippen LogP contribution in [0.5, 0.6) is 0 Å². The first-order valence-corrected chi connectivity index (χ1v) is 10.9. The molecular weight excluding hydrogens is 400 g/mol. The molecule has 1 saturated heterocycles. The van der Waals surface area contributed by atoms with Crippen LogP contribution in [-0.4, -0.2) is 50.1 Å². The third-order valence-electron chi connectivity index (χ3n) is 6.22. The van der Waals surface area contributed by atoms with Crippen molar-refractivity contribution in [1.82, 2.24) is 19.0 Å². The fraction of sp³-hybridized carbons (Fsp3) is 0.591. The maximum atomic E-state index is 13.4. The molecule has 1 aliphatic carbocycles. The van der Waals surface area contributed by atoms with Gasteiger partial charge in [-0.2, -0.15) is 0 Å². The van der Waals surface area contributed by atoms with E-state index in [2.05, 4.69) is 4.98 Å². The molecule has 0 radical (unpaired) electrons. The molecule has 1 saturated carbocycles. The fourth-order valence-electron chi connectivity index (χ4n) is 4.29. The van der Waals surface area contributed by atoms with Crippen LogP contribution in [0.3, 0.4) is 0 Å². The number of esters is 1. The van der Waals surface area contributed by atoms with Gasteiger partial charge in [-0.15, -0.1) is 0 Å². The molecule has 1 amide bonds. The van der Waals surface area contributed by atoms with Gasteiger partial charge in [0.05, 0.1) is 17.6 Å². The highest BCUT2D eigenvalue weighted by Crippen LogP contribution is 2.40. The minimum absolute atomic E-state index is 0.0180. The lowest BCUT2D eigenvalue weighted by Gasteiger charge is -2.33. The smallest absolute Gasteiger partial charge is 0.339 e. The number of rotatable bonds is 5. The van der Waals surface area contributed by atoms with E-state index in [-0.39, 0.29) is 47.6 Å². The van der Waals surface area contributed by atoms with Crippen LogP contribution in [0.1, 0.15) is 67.9 Å². The summed E-state index contributed by atoms with van der Waals surface area (Å²) in [6.07, 6.45) is 4.77. The summed E-state index contributed by atoms with van der Waals surface area (Å²) in [7, 11) is 1.51. The van der Waals surface area contributed by atoms with E-state index in [1.165, 1.54) is 11.6 Å². The standard InChI is InChI=1S/C22H28N4O5/c1-4-31-21(29)15-11-16(14-8-9-14)23-19-18(15)20(28)26(22(30)24(19)3)12-17(27)25-10-6-5-7-13(25)2/h11,13-14H,4-10,12H2,1-3H3/t13-/m0/s1. The van der Waals surface area contributed by atoms with Gasteiger partial charge in [-0.25, -0.2) is 14.6 Å². The second-order valence-corrected chi connectivity index (χ2v) is 8.45. The summed E-state index contributed by atoms with van der Waals surface area (Å²) >= 11 is 0. The van der Waals surface area contributed by atoms with Crippen LogP contribution < -0.4 is 11.2 Å². The molecule has 0 N–H and O–H groups in total. The van der Waals surface area contributed by atoms with E-state index < -0.39 is 17.2 Å². The van der Waals surface area contributed by atoms with Gasteiger partial charge in [0.25, 0.3) is 5.56 Å². The molecule has 9 nitrogen and oxygen atoms in total. The number of pyridine rings is 1. The fourth-order valence-corrected chi connectivity index (χ4v) is 4.29. The van der Waals surface area contributed by atoms with E-state index in [1.54, 1.807) is 17.9 Å². The Bertz CT molecular complexity index is 1160. The first-order valence-electron chi connectivity index (χ1n) is 10.9. The number of hydrogen-bond donors (Lipinski definition) is 0. The lowest BCUT2D eigenvalue weighted by Crippen LogP contribution is -2.48. The molecule has 0 bridgehead atoms. The number of aryl methyl sites for hydroxylation is 1. The molecule has 2 fully saturated rings. The van der Waals surface area contributed by atoms with Crippen LogP contribution in [0.2, 0.25) is 0 Å². The van der Waals surface area contributed by atoms with E-state index in [0.29, 0.717) is 12.2 Å². The second-order valence-electron chi connectivity index (χ2n) is 8.45. The summed E-state index contributed by atoms with van der Waals surface area (Å²) in [5, 5.41) is 0.0180. The van der Waals surface area contributed by atoms with Crippen molar-refractivity contribution < 1.29 is 14.3 Å². The quantitative estimate of drug-likeness (QED) is 0.670. The maximum Gasteiger partial charge on any atom is 0.339 e. The first kappa shape index (κ1) is 21.3. The lowest BCUT2D eigenvalue weighted by molar-refractivity contribution is -0.135. The number of nitrogens with zero attached hydrogens (tertiary/aromatic N) is 4. The minimum Gasteiger partial charge on any atom is -0.462 e. The number of piperidine rings is 1. The van der Waals surface area contributed by atoms with Crippen LogP contribution in [-0.2, 0) is 23.1 Å². The second kappa shape index (κ2) is 8.28. The Kier molecular flexibility index (Phi) is 5.68. The van der Waals surface area contributed by atoms with Crippen molar-refractivity contribution in [2.75, 3.05) is 13.2 Å². The predicted molar refractivity (Wildman–Crippen MR) is 114 cm³/mol. The Morgan fingerprint density at radius 1 is 1.19 bits per heavy atom. The number of likely N-dealkylation sites (tertiary alicyclic amines) is 1. The number of amides is 1. The van der Waals surface area contributed by atoms with Crippen molar-refractivity contribution in [3.05, 3.63) is 38.2 Å². The summed E-state index contributed by atoms with van der Waals surface area (Å²) in [5.41, 5.74) is -0.375. The van der Waals surface area contributed by atoms with Crippen molar-refractivity contribution >= 4 is 22.9 Å². The van der Waals surface area contributed by atoms with E-state index in [0.717, 1.165) is 36.7 Å². The normalized spacial score (nSPS) is 18.9. The van der Waals surface area contributed by atoms with E-state index in [9.17, 15) is 19.2 Å². The molecule has 31 heavy (non-hydrogen) atoms. The third-order valence-corrected chi connectivity index (χ3v) is 6.22. The largest absolute Gasteiger partial charge is 0.462 e. The summed E-state index contributed by atoms with van der Waals surface area (Å²) in [4.78, 5) is 58.2. The van der Waals surface area contributed by atoms with Crippen LogP contribution in [0.25, 0.3) is 11.0 Å². The Balaban J connectivity index is 1.85. The molecule has 0 aromatic carbocycles. The summed E-state index contributed by atoms with van der Waals surface area (Å²) < 4.78 is 7.33. The number of carbonyl (C=O) groups excluding carboxylic acids is 2. The van der Waals surface area contributed by atoms with E-state index in [1.807, 2.05) is 6.92 Å². The van der Waals surface area contributed by atoms with Crippen molar-refractivity contribution in [3.8, 4) is 0 Å². The Hall–Kier alpha value is -2.97. The van der Waals surface area contributed by atoms with Crippen molar-refractivity contribution in [2.24, 2.45) is 7.05 Å². The average molecular weight is 428 g/mol. The highest BCUT2D eigenvalue weighted by atomic mass is 16.5. The summed E-state index contributed by atoms with van der Waals surface area (Å²) in [6.45, 7) is 4.07. The monoisotopic (exact) mass is 428 g/mol. The number of ether oxygens (including phenoxy) is 1. The molecule has 2 aliphatic rings. The summed E-state index contributed by atoms with van der Waals surface area (Å²) in [5.74, 6) is -0.682. The van der Waals surface area contributed by atoms with Gasteiger partial charge < -0.3 is 9.64 Å². The zero-order valence-corrected chi connectivity index (χ0v) is 18.2. The SMILES string of the molecule is CCOC(=O)c1cc(C2CC2)nc2c1c(=O)n(CC(=O)N1CCCC[C@@H]1C)c(=O)n2C. The molecule has 166 valence electrons. The van der Waals surface area contributed by atoms with Crippen LogP contribution >= 0.6 is 0 Å². The Labute approximate surface area is 179 Å². The van der Waals surface area contributed by atoms with Gasteiger partial charge in [-0.3, -0.25) is 18.7 Å². The molecule has 1 atom stereocenters. The minimum atomic E-state index is -0.686. The van der Waals surface area contributed by atoms with Crippen LogP contribution in [0, 0.1) is 0 Å². The molecule has 4 rings (SSSR count). The molecule has 1 aliphatic heterocycles. The third kappa shape index (κ3) is 3.88. The molecule has 2 aromatic rings. The molecule has 3 heterocycles. The Morgan fingerprint density at radius 2 is 1.94 bits per heavy atom. The highest BCUT2D eigenvalue weighted by Gasteiger charge is 2.30. The van der Waals surface area contributed by atoms with Gasteiger partial charge in [0, 0.05) is 31.2 Å². The van der Waals surface area contributed by atoms with Gasteiger partial charge in [-0.05, 0) is 52.0 Å². The highest BCUT2D eigenvalue weighted by molar-refractivity contribution is 6.02. The van der Waals surface area contributed by atoms with Gasteiger partial charge in [-0.1, -0.05) is 0 Å². The first-order chi connectivity index (χ1) is 14.8. The molecule has 0 spiro atoms. The molecule has 0 unspecified atom stereocenters. The molecular formula is C22H28N4O5. The topological polar surface area (TPSA) is 104 Å². The molecule has 2 aromatic heterocycles. The zero-order valence-electron chi connectivity index (χ0n) is 18.2. The van der Waals surface area contributed by atoms with Crippen LogP contribution in [0.15, 0.2) is 15.7 Å². The maximum absolute atomic E-state index is 13.4. The van der Waals surface area contributed by atoms with Crippen LogP contribution in [0.4, 0.5) is 0 Å². The van der Waals surface area contributed by atoms with Crippen molar-refractivity contribution in [3.63, 3.8) is 0 Å². The average Bonchev–Trinajstić information content (AvgIpc) is 3.60. The van der Waals surface area contributed by atoms with Gasteiger partial charge in [0.2, 0.25) is 5.91 Å². The zero-order chi connectivity index (χ0) is 22.3. The Morgan fingerprint density at radius 3 is 2.58 bits per heavy atom. The molecule has 9 heteroatoms. The van der Waals surface area contributed by atoms with Gasteiger partial charge >= 0.3 is 11.7 Å². The predicted octanol–water partition coefficient (Wildman–Crippen LogP) is 1.55. The number of fused-ring (bicyclic) bond motifs is 1. The van der Waals surface area contributed by atoms with E-state index in [4.69, 9.17) is 4.74 Å². The van der Waals surface area contributed by atoms with E-state index >= 15 is 0 Å². The lowest BCUT2D eigenvalue weighted by atomic mass is 10.0. The van der Waals surface area contributed by atoms with Crippen molar-refractivity contribution in [1.29, 1.82) is 0 Å². The van der Waals surface area contributed by atoms with Gasteiger partial charge in [0.1, 0.15) is 12.2 Å². The summed E-state index contributed by atoms with van der Waals surface area (Å²) in [6, 6.07) is 1.67. The number of aromatic nitrogens is 3. The van der Waals surface area contributed by atoms with Crippen molar-refractivity contribution in [2.45, 2.75) is 64.5 Å². The van der Waals surface area contributed by atoms with Gasteiger partial charge in [0.15, 0.2) is 0 Å².